The predicted molar refractivity (Wildman–Crippen MR) is 82.7 cm³/mol. The predicted octanol–water partition coefficient (Wildman–Crippen LogP) is 3.61. The van der Waals surface area contributed by atoms with Crippen LogP contribution in [0.15, 0.2) is 22.7 Å². The van der Waals surface area contributed by atoms with Crippen LogP contribution < -0.4 is 10.1 Å². The average molecular weight is 330 g/mol. The SMILES string of the molecule is CCNCc1ccc(OCCOCC(C)C)c(Br)c1. The molecule has 0 spiro atoms. The molecule has 1 aromatic carbocycles. The fourth-order valence-corrected chi connectivity index (χ4v) is 2.11. The molecule has 19 heavy (non-hydrogen) atoms. The molecule has 4 heteroatoms. The molecule has 0 unspecified atom stereocenters. The van der Waals surface area contributed by atoms with Crippen LogP contribution in [0.3, 0.4) is 0 Å². The Morgan fingerprint density at radius 2 is 2.05 bits per heavy atom. The van der Waals surface area contributed by atoms with Crippen LogP contribution in [-0.4, -0.2) is 26.4 Å². The monoisotopic (exact) mass is 329 g/mol. The first-order valence-electron chi connectivity index (χ1n) is 6.83. The van der Waals surface area contributed by atoms with Crippen molar-refractivity contribution in [1.82, 2.24) is 5.32 Å². The summed E-state index contributed by atoms with van der Waals surface area (Å²) in [4.78, 5) is 0. The van der Waals surface area contributed by atoms with Gasteiger partial charge < -0.3 is 14.8 Å². The van der Waals surface area contributed by atoms with E-state index >= 15 is 0 Å². The normalized spacial score (nSPS) is 11.0. The Balaban J connectivity index is 2.33. The lowest BCUT2D eigenvalue weighted by Gasteiger charge is -2.11. The van der Waals surface area contributed by atoms with E-state index in [1.807, 2.05) is 6.07 Å². The summed E-state index contributed by atoms with van der Waals surface area (Å²) in [5.74, 6) is 1.44. The molecule has 0 saturated heterocycles. The van der Waals surface area contributed by atoms with Crippen LogP contribution in [0.2, 0.25) is 0 Å². The second-order valence-corrected chi connectivity index (χ2v) is 5.72. The third-order valence-corrected chi connectivity index (χ3v) is 3.13. The van der Waals surface area contributed by atoms with Gasteiger partial charge in [0.15, 0.2) is 0 Å². The number of hydrogen-bond acceptors (Lipinski definition) is 3. The van der Waals surface area contributed by atoms with Gasteiger partial charge in [-0.1, -0.05) is 26.8 Å². The number of halogens is 1. The van der Waals surface area contributed by atoms with Crippen molar-refractivity contribution in [3.63, 3.8) is 0 Å². The van der Waals surface area contributed by atoms with E-state index in [4.69, 9.17) is 9.47 Å². The lowest BCUT2D eigenvalue weighted by atomic mass is 10.2. The zero-order valence-corrected chi connectivity index (χ0v) is 13.6. The minimum Gasteiger partial charge on any atom is -0.490 e. The van der Waals surface area contributed by atoms with Crippen LogP contribution in [-0.2, 0) is 11.3 Å². The van der Waals surface area contributed by atoms with Gasteiger partial charge in [0.1, 0.15) is 12.4 Å². The van der Waals surface area contributed by atoms with E-state index in [1.54, 1.807) is 0 Å². The van der Waals surface area contributed by atoms with Crippen LogP contribution in [0.5, 0.6) is 5.75 Å². The highest BCUT2D eigenvalue weighted by molar-refractivity contribution is 9.10. The van der Waals surface area contributed by atoms with Crippen LogP contribution in [0, 0.1) is 5.92 Å². The van der Waals surface area contributed by atoms with E-state index in [0.717, 1.165) is 29.9 Å². The Bertz CT molecular complexity index is 369. The summed E-state index contributed by atoms with van der Waals surface area (Å²) in [5, 5.41) is 3.30. The molecule has 0 aromatic heterocycles. The van der Waals surface area contributed by atoms with Crippen LogP contribution in [0.1, 0.15) is 26.3 Å². The second-order valence-electron chi connectivity index (χ2n) is 4.86. The van der Waals surface area contributed by atoms with Gasteiger partial charge in [0.05, 0.1) is 11.1 Å². The fourth-order valence-electron chi connectivity index (χ4n) is 1.57. The maximum Gasteiger partial charge on any atom is 0.133 e. The standard InChI is InChI=1S/C15H24BrNO2/c1-4-17-10-13-5-6-15(14(16)9-13)19-8-7-18-11-12(2)3/h5-6,9,12,17H,4,7-8,10-11H2,1-3H3. The fraction of sp³-hybridized carbons (Fsp3) is 0.600. The van der Waals surface area contributed by atoms with Crippen LogP contribution >= 0.6 is 15.9 Å². The van der Waals surface area contributed by atoms with Crippen molar-refractivity contribution in [2.24, 2.45) is 5.92 Å². The van der Waals surface area contributed by atoms with Gasteiger partial charge in [-0.05, 0) is 46.1 Å². The van der Waals surface area contributed by atoms with Crippen molar-refractivity contribution in [2.75, 3.05) is 26.4 Å². The second kappa shape index (κ2) is 9.34. The van der Waals surface area contributed by atoms with Gasteiger partial charge in [-0.15, -0.1) is 0 Å². The van der Waals surface area contributed by atoms with Gasteiger partial charge in [-0.3, -0.25) is 0 Å². The highest BCUT2D eigenvalue weighted by atomic mass is 79.9. The molecule has 108 valence electrons. The smallest absolute Gasteiger partial charge is 0.133 e. The van der Waals surface area contributed by atoms with E-state index in [2.05, 4.69) is 54.2 Å². The van der Waals surface area contributed by atoms with Crippen molar-refractivity contribution >= 4 is 15.9 Å². The van der Waals surface area contributed by atoms with Crippen molar-refractivity contribution < 1.29 is 9.47 Å². The van der Waals surface area contributed by atoms with Gasteiger partial charge in [0.25, 0.3) is 0 Å². The Hall–Kier alpha value is -0.580. The van der Waals surface area contributed by atoms with E-state index in [9.17, 15) is 0 Å². The van der Waals surface area contributed by atoms with Gasteiger partial charge in [0, 0.05) is 13.2 Å². The number of nitrogens with one attached hydrogen (secondary N) is 1. The maximum atomic E-state index is 5.69. The Morgan fingerprint density at radius 1 is 1.26 bits per heavy atom. The summed E-state index contributed by atoms with van der Waals surface area (Å²) in [7, 11) is 0. The quantitative estimate of drug-likeness (QED) is 0.702. The molecule has 0 heterocycles. The molecule has 0 aliphatic carbocycles. The summed E-state index contributed by atoms with van der Waals surface area (Å²) < 4.78 is 12.2. The molecule has 1 aromatic rings. The van der Waals surface area contributed by atoms with Crippen molar-refractivity contribution in [3.05, 3.63) is 28.2 Å². The van der Waals surface area contributed by atoms with E-state index in [1.165, 1.54) is 5.56 Å². The molecule has 0 radical (unpaired) electrons. The molecule has 0 amide bonds. The molecule has 0 atom stereocenters. The molecule has 0 saturated carbocycles. The summed E-state index contributed by atoms with van der Waals surface area (Å²) in [6, 6.07) is 6.17. The molecule has 3 nitrogen and oxygen atoms in total. The number of hydrogen-bond donors (Lipinski definition) is 1. The number of ether oxygens (including phenoxy) is 2. The minimum atomic E-state index is 0.567. The van der Waals surface area contributed by atoms with E-state index in [0.29, 0.717) is 19.1 Å². The Morgan fingerprint density at radius 3 is 2.68 bits per heavy atom. The first kappa shape index (κ1) is 16.5. The largest absolute Gasteiger partial charge is 0.490 e. The van der Waals surface area contributed by atoms with Crippen LogP contribution in [0.25, 0.3) is 0 Å². The third-order valence-electron chi connectivity index (χ3n) is 2.51. The molecule has 1 N–H and O–H groups in total. The van der Waals surface area contributed by atoms with E-state index in [-0.39, 0.29) is 0 Å². The summed E-state index contributed by atoms with van der Waals surface area (Å²) in [5.41, 5.74) is 1.25. The lowest BCUT2D eigenvalue weighted by Crippen LogP contribution is -2.12. The summed E-state index contributed by atoms with van der Waals surface area (Å²) in [6.45, 7) is 10.2. The Kier molecular flexibility index (Phi) is 8.10. The van der Waals surface area contributed by atoms with Crippen LogP contribution in [0.4, 0.5) is 0 Å². The molecule has 0 aliphatic heterocycles. The summed E-state index contributed by atoms with van der Waals surface area (Å²) >= 11 is 3.54. The molecule has 1 rings (SSSR count). The highest BCUT2D eigenvalue weighted by Crippen LogP contribution is 2.25. The first-order chi connectivity index (χ1) is 9.13. The van der Waals surface area contributed by atoms with Crippen molar-refractivity contribution in [3.8, 4) is 5.75 Å². The third kappa shape index (κ3) is 6.95. The molecule has 0 aliphatic rings. The maximum absolute atomic E-state index is 5.69. The van der Waals surface area contributed by atoms with Crippen molar-refractivity contribution in [2.45, 2.75) is 27.3 Å². The zero-order valence-electron chi connectivity index (χ0n) is 12.0. The first-order valence-corrected chi connectivity index (χ1v) is 7.62. The summed E-state index contributed by atoms with van der Waals surface area (Å²) in [6.07, 6.45) is 0. The van der Waals surface area contributed by atoms with E-state index < -0.39 is 0 Å². The average Bonchev–Trinajstić information content (AvgIpc) is 2.37. The van der Waals surface area contributed by atoms with Crippen molar-refractivity contribution in [1.29, 1.82) is 0 Å². The Labute approximate surface area is 124 Å². The molecule has 0 fully saturated rings. The topological polar surface area (TPSA) is 30.5 Å². The lowest BCUT2D eigenvalue weighted by molar-refractivity contribution is 0.0817. The zero-order chi connectivity index (χ0) is 14.1. The number of benzene rings is 1. The van der Waals surface area contributed by atoms with Gasteiger partial charge in [0.2, 0.25) is 0 Å². The van der Waals surface area contributed by atoms with Gasteiger partial charge >= 0.3 is 0 Å². The molecule has 0 bridgehead atoms. The highest BCUT2D eigenvalue weighted by Gasteiger charge is 2.03. The molecular formula is C15H24BrNO2. The molecular weight excluding hydrogens is 306 g/mol. The van der Waals surface area contributed by atoms with Gasteiger partial charge in [-0.2, -0.15) is 0 Å². The minimum absolute atomic E-state index is 0.567. The van der Waals surface area contributed by atoms with Gasteiger partial charge in [-0.25, -0.2) is 0 Å². The number of rotatable bonds is 9.